The summed E-state index contributed by atoms with van der Waals surface area (Å²) < 4.78 is 12.7. The van der Waals surface area contributed by atoms with Gasteiger partial charge in [0.1, 0.15) is 17.2 Å². The highest BCUT2D eigenvalue weighted by atomic mass is 16.5. The van der Waals surface area contributed by atoms with Crippen LogP contribution in [0.25, 0.3) is 16.9 Å². The summed E-state index contributed by atoms with van der Waals surface area (Å²) in [5, 5.41) is 3.06. The average molecular weight is 381 g/mol. The van der Waals surface area contributed by atoms with Gasteiger partial charge in [-0.1, -0.05) is 20.8 Å². The maximum absolute atomic E-state index is 12.6. The fourth-order valence-corrected chi connectivity index (χ4v) is 3.11. The van der Waals surface area contributed by atoms with Gasteiger partial charge in [0.25, 0.3) is 0 Å². The van der Waals surface area contributed by atoms with Crippen LogP contribution in [0, 0.1) is 12.3 Å². The largest absolute Gasteiger partial charge is 0.493 e. The first-order valence-electron chi connectivity index (χ1n) is 9.23. The molecule has 1 N–H and O–H groups in total. The fraction of sp³-hybridized carbons (Fsp3) is 0.364. The van der Waals surface area contributed by atoms with E-state index < -0.39 is 0 Å². The predicted molar refractivity (Wildman–Crippen MR) is 111 cm³/mol. The van der Waals surface area contributed by atoms with Gasteiger partial charge in [0, 0.05) is 18.2 Å². The smallest absolute Gasteiger partial charge is 0.226 e. The molecule has 0 atom stereocenters. The number of aromatic nitrogens is 2. The Balaban J connectivity index is 2.12. The van der Waals surface area contributed by atoms with Crippen LogP contribution in [-0.4, -0.2) is 29.5 Å². The fourth-order valence-electron chi connectivity index (χ4n) is 3.11. The number of carbonyl (C=O) groups is 1. The summed E-state index contributed by atoms with van der Waals surface area (Å²) in [7, 11) is 3.20. The number of amides is 1. The zero-order chi connectivity index (χ0) is 20.5. The zero-order valence-electron chi connectivity index (χ0n) is 17.3. The number of nitrogens with one attached hydrogen (secondary N) is 1. The molecule has 0 unspecified atom stereocenters. The number of hydrogen-bond acceptors (Lipinski definition) is 4. The number of imidazole rings is 1. The molecule has 3 rings (SSSR count). The van der Waals surface area contributed by atoms with Crippen molar-refractivity contribution in [2.45, 2.75) is 34.1 Å². The minimum Gasteiger partial charge on any atom is -0.493 e. The Bertz CT molecular complexity index is 1020. The van der Waals surface area contributed by atoms with Gasteiger partial charge in [-0.05, 0) is 48.2 Å². The van der Waals surface area contributed by atoms with Gasteiger partial charge < -0.3 is 14.8 Å². The molecule has 148 valence electrons. The van der Waals surface area contributed by atoms with Gasteiger partial charge in [-0.3, -0.25) is 9.20 Å². The van der Waals surface area contributed by atoms with Crippen LogP contribution in [0.15, 0.2) is 36.5 Å². The topological polar surface area (TPSA) is 64.9 Å². The minimum absolute atomic E-state index is 0.0448. The van der Waals surface area contributed by atoms with Crippen molar-refractivity contribution in [3.63, 3.8) is 0 Å². The number of methoxy groups -OCH3 is 2. The quantitative estimate of drug-likeness (QED) is 0.696. The highest BCUT2D eigenvalue weighted by Crippen LogP contribution is 2.36. The van der Waals surface area contributed by atoms with E-state index in [-0.39, 0.29) is 11.3 Å². The number of pyridine rings is 1. The minimum atomic E-state index is -0.106. The Morgan fingerprint density at radius 2 is 1.82 bits per heavy atom. The maximum Gasteiger partial charge on any atom is 0.226 e. The molecule has 2 heterocycles. The van der Waals surface area contributed by atoms with Crippen molar-refractivity contribution in [2.75, 3.05) is 19.5 Å². The number of rotatable bonds is 5. The van der Waals surface area contributed by atoms with Gasteiger partial charge >= 0.3 is 0 Å². The number of ether oxygens (including phenoxy) is 2. The Labute approximate surface area is 165 Å². The number of fused-ring (bicyclic) bond motifs is 1. The van der Waals surface area contributed by atoms with Gasteiger partial charge in [-0.2, -0.15) is 0 Å². The second-order valence-electron chi connectivity index (χ2n) is 8.10. The lowest BCUT2D eigenvalue weighted by Crippen LogP contribution is -2.20. The molecule has 0 spiro atoms. The third kappa shape index (κ3) is 4.11. The van der Waals surface area contributed by atoms with E-state index in [1.807, 2.05) is 68.6 Å². The summed E-state index contributed by atoms with van der Waals surface area (Å²) in [4.78, 5) is 17.4. The van der Waals surface area contributed by atoms with Crippen LogP contribution in [0.2, 0.25) is 0 Å². The standard InChI is InChI=1S/C22H27N3O3/c1-14-9-10-25-18(11-14)23-20(21(25)24-19(26)13-22(2,3)4)15-7-8-16(27-5)17(12-15)28-6/h7-12H,13H2,1-6H3,(H,24,26). The Morgan fingerprint density at radius 1 is 1.11 bits per heavy atom. The van der Waals surface area contributed by atoms with Crippen LogP contribution in [0.4, 0.5) is 5.82 Å². The third-order valence-corrected chi connectivity index (χ3v) is 4.39. The van der Waals surface area contributed by atoms with Gasteiger partial charge in [0.15, 0.2) is 11.5 Å². The first-order chi connectivity index (χ1) is 13.2. The van der Waals surface area contributed by atoms with Gasteiger partial charge in [0.2, 0.25) is 5.91 Å². The molecule has 1 aromatic carbocycles. The lowest BCUT2D eigenvalue weighted by molar-refractivity contribution is -0.117. The van der Waals surface area contributed by atoms with E-state index in [0.717, 1.165) is 16.8 Å². The second-order valence-corrected chi connectivity index (χ2v) is 8.10. The number of nitrogens with zero attached hydrogens (tertiary/aromatic N) is 2. The van der Waals surface area contributed by atoms with E-state index in [0.29, 0.717) is 29.4 Å². The van der Waals surface area contributed by atoms with Crippen molar-refractivity contribution in [1.82, 2.24) is 9.38 Å². The molecule has 0 aliphatic carbocycles. The molecule has 0 aliphatic heterocycles. The van der Waals surface area contributed by atoms with Crippen LogP contribution in [0.3, 0.4) is 0 Å². The average Bonchev–Trinajstić information content (AvgIpc) is 2.96. The molecule has 0 fully saturated rings. The van der Waals surface area contributed by atoms with E-state index in [4.69, 9.17) is 14.5 Å². The van der Waals surface area contributed by atoms with Gasteiger partial charge in [0.05, 0.1) is 14.2 Å². The van der Waals surface area contributed by atoms with Crippen molar-refractivity contribution in [3.8, 4) is 22.8 Å². The molecule has 6 nitrogen and oxygen atoms in total. The van der Waals surface area contributed by atoms with Crippen molar-refractivity contribution in [3.05, 3.63) is 42.1 Å². The van der Waals surface area contributed by atoms with E-state index in [2.05, 4.69) is 5.32 Å². The van der Waals surface area contributed by atoms with E-state index >= 15 is 0 Å². The van der Waals surface area contributed by atoms with Crippen molar-refractivity contribution in [2.24, 2.45) is 5.41 Å². The number of aryl methyl sites for hydroxylation is 1. The second kappa shape index (κ2) is 7.54. The summed E-state index contributed by atoms with van der Waals surface area (Å²) in [6.45, 7) is 8.14. The normalized spacial score (nSPS) is 11.5. The molecule has 6 heteroatoms. The highest BCUT2D eigenvalue weighted by Gasteiger charge is 2.21. The number of benzene rings is 1. The predicted octanol–water partition coefficient (Wildman–Crippen LogP) is 4.70. The number of hydrogen-bond donors (Lipinski definition) is 1. The van der Waals surface area contributed by atoms with Gasteiger partial charge in [-0.15, -0.1) is 0 Å². The van der Waals surface area contributed by atoms with Crippen molar-refractivity contribution < 1.29 is 14.3 Å². The summed E-state index contributed by atoms with van der Waals surface area (Å²) >= 11 is 0. The first-order valence-corrected chi connectivity index (χ1v) is 9.23. The number of carbonyl (C=O) groups excluding carboxylic acids is 1. The Kier molecular flexibility index (Phi) is 5.31. The third-order valence-electron chi connectivity index (χ3n) is 4.39. The lowest BCUT2D eigenvalue weighted by Gasteiger charge is -2.17. The summed E-state index contributed by atoms with van der Waals surface area (Å²) in [6.07, 6.45) is 2.34. The lowest BCUT2D eigenvalue weighted by atomic mass is 9.92. The zero-order valence-corrected chi connectivity index (χ0v) is 17.3. The number of anilines is 1. The molecule has 0 bridgehead atoms. The Morgan fingerprint density at radius 3 is 2.46 bits per heavy atom. The molecule has 3 aromatic rings. The van der Waals surface area contributed by atoms with Crippen LogP contribution >= 0.6 is 0 Å². The van der Waals surface area contributed by atoms with Crippen LogP contribution < -0.4 is 14.8 Å². The maximum atomic E-state index is 12.6. The van der Waals surface area contributed by atoms with Crippen LogP contribution in [0.5, 0.6) is 11.5 Å². The van der Waals surface area contributed by atoms with Crippen LogP contribution in [0.1, 0.15) is 32.8 Å². The molecular weight excluding hydrogens is 354 g/mol. The Hall–Kier alpha value is -3.02. The summed E-state index contributed by atoms with van der Waals surface area (Å²) in [6, 6.07) is 9.60. The molecule has 0 radical (unpaired) electrons. The van der Waals surface area contributed by atoms with Crippen LogP contribution in [-0.2, 0) is 4.79 Å². The molecule has 0 aliphatic rings. The molecular formula is C22H27N3O3. The monoisotopic (exact) mass is 381 g/mol. The molecule has 1 amide bonds. The summed E-state index contributed by atoms with van der Waals surface area (Å²) in [5.74, 6) is 1.86. The molecule has 0 saturated heterocycles. The molecule has 2 aromatic heterocycles. The van der Waals surface area contributed by atoms with E-state index in [1.165, 1.54) is 0 Å². The van der Waals surface area contributed by atoms with Crippen molar-refractivity contribution >= 4 is 17.4 Å². The van der Waals surface area contributed by atoms with Gasteiger partial charge in [-0.25, -0.2) is 4.98 Å². The van der Waals surface area contributed by atoms with E-state index in [1.54, 1.807) is 14.2 Å². The highest BCUT2D eigenvalue weighted by molar-refractivity contribution is 5.95. The molecule has 28 heavy (non-hydrogen) atoms. The summed E-state index contributed by atoms with van der Waals surface area (Å²) in [5.41, 5.74) is 3.30. The SMILES string of the molecule is COc1ccc(-c2nc3cc(C)ccn3c2NC(=O)CC(C)(C)C)cc1OC. The van der Waals surface area contributed by atoms with Crippen molar-refractivity contribution in [1.29, 1.82) is 0 Å². The molecule has 0 saturated carbocycles. The van der Waals surface area contributed by atoms with E-state index in [9.17, 15) is 4.79 Å². The first kappa shape index (κ1) is 19.7.